The number of hydrogen-bond donors (Lipinski definition) is 1. The molecular formula is C19H19F3N2O4S. The lowest BCUT2D eigenvalue weighted by Crippen LogP contribution is -2.50. The molecule has 0 aromatic heterocycles. The molecule has 1 atom stereocenters. The van der Waals surface area contributed by atoms with Crippen LogP contribution >= 0.6 is 0 Å². The number of benzene rings is 2. The van der Waals surface area contributed by atoms with E-state index in [0.717, 1.165) is 16.4 Å². The fraction of sp³-hybridized carbons (Fsp3) is 0.316. The van der Waals surface area contributed by atoms with Crippen molar-refractivity contribution in [1.82, 2.24) is 5.32 Å². The van der Waals surface area contributed by atoms with E-state index in [9.17, 15) is 26.4 Å². The molecule has 0 unspecified atom stereocenters. The summed E-state index contributed by atoms with van der Waals surface area (Å²) < 4.78 is 70.1. The van der Waals surface area contributed by atoms with Gasteiger partial charge in [-0.25, -0.2) is 8.42 Å². The molecule has 1 aliphatic rings. The highest BCUT2D eigenvalue weighted by molar-refractivity contribution is 7.92. The summed E-state index contributed by atoms with van der Waals surface area (Å²) in [6.07, 6.45) is -5.61. The Kier molecular flexibility index (Phi) is 5.74. The molecule has 0 saturated heterocycles. The van der Waals surface area contributed by atoms with Gasteiger partial charge in [-0.05, 0) is 36.8 Å². The number of hydrogen-bond acceptors (Lipinski definition) is 4. The molecule has 1 amide bonds. The summed E-state index contributed by atoms with van der Waals surface area (Å²) in [5.41, 5.74) is -0.203. The molecule has 6 nitrogen and oxygen atoms in total. The molecule has 0 bridgehead atoms. The topological polar surface area (TPSA) is 75.7 Å². The maximum atomic E-state index is 12.8. The number of anilines is 1. The van der Waals surface area contributed by atoms with Crippen molar-refractivity contribution in [3.05, 3.63) is 59.7 Å². The molecular weight excluding hydrogens is 409 g/mol. The summed E-state index contributed by atoms with van der Waals surface area (Å²) in [5, 5.41) is 2.52. The van der Waals surface area contributed by atoms with Crippen LogP contribution in [0.25, 0.3) is 0 Å². The molecule has 1 N–H and O–H groups in total. The van der Waals surface area contributed by atoms with Crippen LogP contribution in [0.1, 0.15) is 18.1 Å². The van der Waals surface area contributed by atoms with Crippen LogP contribution in [0.2, 0.25) is 0 Å². The summed E-state index contributed by atoms with van der Waals surface area (Å²) in [7, 11) is -3.64. The number of alkyl halides is 3. The number of sulfonamides is 1. The highest BCUT2D eigenvalue weighted by Crippen LogP contribution is 2.35. The number of rotatable bonds is 5. The number of carbonyl (C=O) groups excluding carboxylic acids is 1. The quantitative estimate of drug-likeness (QED) is 0.795. The van der Waals surface area contributed by atoms with Gasteiger partial charge in [-0.1, -0.05) is 24.3 Å². The second-order valence-electron chi connectivity index (χ2n) is 6.42. The molecule has 3 rings (SSSR count). The van der Waals surface area contributed by atoms with Gasteiger partial charge in [0.05, 0.1) is 23.5 Å². The van der Waals surface area contributed by atoms with Crippen LogP contribution in [-0.2, 0) is 27.5 Å². The molecule has 2 aromatic carbocycles. The van der Waals surface area contributed by atoms with Gasteiger partial charge in [-0.3, -0.25) is 9.10 Å². The minimum atomic E-state index is -4.48. The van der Waals surface area contributed by atoms with Gasteiger partial charge >= 0.3 is 6.18 Å². The molecule has 0 saturated carbocycles. The van der Waals surface area contributed by atoms with Crippen LogP contribution in [0, 0.1) is 0 Å². The van der Waals surface area contributed by atoms with Gasteiger partial charge in [0.1, 0.15) is 5.75 Å². The SMILES string of the molecule is CCS(=O)(=O)N1C[C@@H](C(=O)NCc2cccc(C(F)(F)F)c2)Oc2ccccc21. The predicted molar refractivity (Wildman–Crippen MR) is 101 cm³/mol. The molecule has 156 valence electrons. The van der Waals surface area contributed by atoms with E-state index in [1.54, 1.807) is 24.3 Å². The highest BCUT2D eigenvalue weighted by Gasteiger charge is 2.36. The van der Waals surface area contributed by atoms with Gasteiger partial charge in [0, 0.05) is 6.54 Å². The first kappa shape index (κ1) is 21.0. The summed E-state index contributed by atoms with van der Waals surface area (Å²) in [5.74, 6) is -0.525. The van der Waals surface area contributed by atoms with Gasteiger partial charge in [0.25, 0.3) is 5.91 Å². The van der Waals surface area contributed by atoms with Gasteiger partial charge in [0.15, 0.2) is 6.10 Å². The summed E-state index contributed by atoms with van der Waals surface area (Å²) in [6.45, 7) is 1.13. The van der Waals surface area contributed by atoms with E-state index in [4.69, 9.17) is 4.74 Å². The van der Waals surface area contributed by atoms with E-state index in [0.29, 0.717) is 5.69 Å². The number of nitrogens with one attached hydrogen (secondary N) is 1. The first-order chi connectivity index (χ1) is 13.6. The Labute approximate surface area is 166 Å². The third-order valence-corrected chi connectivity index (χ3v) is 6.20. The normalized spacial score (nSPS) is 16.7. The maximum Gasteiger partial charge on any atom is 0.416 e. The van der Waals surface area contributed by atoms with Gasteiger partial charge in [-0.15, -0.1) is 0 Å². The zero-order valence-electron chi connectivity index (χ0n) is 15.4. The number of amides is 1. The van der Waals surface area contributed by atoms with Crippen molar-refractivity contribution >= 4 is 21.6 Å². The van der Waals surface area contributed by atoms with Crippen LogP contribution < -0.4 is 14.4 Å². The first-order valence-corrected chi connectivity index (χ1v) is 10.4. The van der Waals surface area contributed by atoms with Crippen molar-refractivity contribution in [2.45, 2.75) is 25.7 Å². The zero-order valence-corrected chi connectivity index (χ0v) is 16.3. The molecule has 2 aromatic rings. The Morgan fingerprint density at radius 1 is 1.21 bits per heavy atom. The third-order valence-electron chi connectivity index (χ3n) is 4.45. The monoisotopic (exact) mass is 428 g/mol. The van der Waals surface area contributed by atoms with Crippen molar-refractivity contribution < 1.29 is 31.1 Å². The lowest BCUT2D eigenvalue weighted by atomic mass is 10.1. The molecule has 0 aliphatic carbocycles. The lowest BCUT2D eigenvalue weighted by Gasteiger charge is -2.34. The number of fused-ring (bicyclic) bond motifs is 1. The number of nitrogens with zero attached hydrogens (tertiary/aromatic N) is 1. The Bertz CT molecular complexity index is 1010. The molecule has 29 heavy (non-hydrogen) atoms. The smallest absolute Gasteiger partial charge is 0.416 e. The molecule has 0 radical (unpaired) electrons. The predicted octanol–water partition coefficient (Wildman–Crippen LogP) is 2.94. The second-order valence-corrected chi connectivity index (χ2v) is 8.60. The van der Waals surface area contributed by atoms with Crippen LogP contribution in [0.15, 0.2) is 48.5 Å². The van der Waals surface area contributed by atoms with Crippen molar-refractivity contribution in [2.24, 2.45) is 0 Å². The van der Waals surface area contributed by atoms with Crippen molar-refractivity contribution in [2.75, 3.05) is 16.6 Å². The Hall–Kier alpha value is -2.75. The Morgan fingerprint density at radius 3 is 2.62 bits per heavy atom. The average molecular weight is 428 g/mol. The lowest BCUT2D eigenvalue weighted by molar-refractivity contribution is -0.137. The van der Waals surface area contributed by atoms with Crippen LogP contribution in [0.3, 0.4) is 0 Å². The maximum absolute atomic E-state index is 12.8. The fourth-order valence-corrected chi connectivity index (χ4v) is 4.04. The van der Waals surface area contributed by atoms with E-state index >= 15 is 0 Å². The minimum Gasteiger partial charge on any atom is -0.476 e. The zero-order chi connectivity index (χ0) is 21.2. The molecule has 0 spiro atoms. The van der Waals surface area contributed by atoms with Crippen LogP contribution in [0.5, 0.6) is 5.75 Å². The standard InChI is InChI=1S/C19H19F3N2O4S/c1-2-29(26,27)24-12-17(28-16-9-4-3-8-15(16)24)18(25)23-11-13-6-5-7-14(10-13)19(20,21)22/h3-10,17H,2,11-12H2,1H3,(H,23,25)/t17-/m0/s1. The van der Waals surface area contributed by atoms with E-state index in [2.05, 4.69) is 5.32 Å². The van der Waals surface area contributed by atoms with Gasteiger partial charge in [0.2, 0.25) is 10.0 Å². The first-order valence-electron chi connectivity index (χ1n) is 8.82. The fourth-order valence-electron chi connectivity index (χ4n) is 2.92. The van der Waals surface area contributed by atoms with Crippen molar-refractivity contribution in [1.29, 1.82) is 0 Å². The molecule has 1 heterocycles. The Morgan fingerprint density at radius 2 is 1.93 bits per heavy atom. The Balaban J connectivity index is 1.75. The van der Waals surface area contributed by atoms with Gasteiger partial charge < -0.3 is 10.1 Å². The van der Waals surface area contributed by atoms with E-state index < -0.39 is 33.8 Å². The summed E-state index contributed by atoms with van der Waals surface area (Å²) >= 11 is 0. The summed E-state index contributed by atoms with van der Waals surface area (Å²) in [4.78, 5) is 12.5. The molecule has 0 fully saturated rings. The number of carbonyl (C=O) groups is 1. The average Bonchev–Trinajstić information content (AvgIpc) is 2.70. The van der Waals surface area contributed by atoms with E-state index in [1.165, 1.54) is 19.1 Å². The molecule has 10 heteroatoms. The molecule has 1 aliphatic heterocycles. The number of ether oxygens (including phenoxy) is 1. The van der Waals surface area contributed by atoms with Crippen molar-refractivity contribution in [3.8, 4) is 5.75 Å². The largest absolute Gasteiger partial charge is 0.476 e. The van der Waals surface area contributed by atoms with Crippen LogP contribution in [-0.4, -0.2) is 32.7 Å². The highest BCUT2D eigenvalue weighted by atomic mass is 32.2. The van der Waals surface area contributed by atoms with Crippen molar-refractivity contribution in [3.63, 3.8) is 0 Å². The number of halogens is 3. The number of para-hydroxylation sites is 2. The van der Waals surface area contributed by atoms with E-state index in [1.807, 2.05) is 0 Å². The second kappa shape index (κ2) is 7.94. The van der Waals surface area contributed by atoms with Crippen LogP contribution in [0.4, 0.5) is 18.9 Å². The third kappa shape index (κ3) is 4.64. The van der Waals surface area contributed by atoms with E-state index in [-0.39, 0.29) is 30.2 Å². The minimum absolute atomic E-state index is 0.148. The summed E-state index contributed by atoms with van der Waals surface area (Å²) in [6, 6.07) is 11.1. The van der Waals surface area contributed by atoms with Gasteiger partial charge in [-0.2, -0.15) is 13.2 Å².